The minimum absolute atomic E-state index is 0.533. The van der Waals surface area contributed by atoms with Gasteiger partial charge in [0.1, 0.15) is 5.82 Å². The first-order chi connectivity index (χ1) is 12.5. The Balaban J connectivity index is 1.62. The second-order valence-corrected chi connectivity index (χ2v) is 7.64. The van der Waals surface area contributed by atoms with Crippen LogP contribution < -0.4 is 10.2 Å². The first kappa shape index (κ1) is 19.0. The van der Waals surface area contributed by atoms with Gasteiger partial charge in [-0.25, -0.2) is 0 Å². The number of rotatable bonds is 6. The summed E-state index contributed by atoms with van der Waals surface area (Å²) in [7, 11) is 0. The summed E-state index contributed by atoms with van der Waals surface area (Å²) in [6.07, 6.45) is 0.899. The molecular weight excluding hydrogens is 394 g/mol. The Morgan fingerprint density at radius 2 is 1.96 bits per heavy atom. The first-order valence-electron chi connectivity index (χ1n) is 9.10. The lowest BCUT2D eigenvalue weighted by atomic mass is 10.0. The fraction of sp³-hybridized carbons (Fsp3) is 0.526. The monoisotopic (exact) mass is 419 g/mol. The summed E-state index contributed by atoms with van der Waals surface area (Å²) in [5.74, 6) is 2.62. The van der Waals surface area contributed by atoms with Gasteiger partial charge in [0.25, 0.3) is 0 Å². The van der Waals surface area contributed by atoms with E-state index in [4.69, 9.17) is 4.74 Å². The third kappa shape index (κ3) is 4.92. The molecule has 1 saturated heterocycles. The highest BCUT2D eigenvalue weighted by atomic mass is 79.9. The van der Waals surface area contributed by atoms with E-state index in [1.165, 1.54) is 11.1 Å². The average molecular weight is 420 g/mol. The number of hydrogen-bond acceptors (Lipinski definition) is 6. The molecule has 7 heteroatoms. The zero-order valence-electron chi connectivity index (χ0n) is 15.6. The molecule has 140 valence electrons. The Morgan fingerprint density at radius 3 is 2.65 bits per heavy atom. The summed E-state index contributed by atoms with van der Waals surface area (Å²) in [6.45, 7) is 10.2. The van der Waals surface area contributed by atoms with Crippen LogP contribution in [0.15, 0.2) is 22.7 Å². The zero-order chi connectivity index (χ0) is 18.5. The van der Waals surface area contributed by atoms with Crippen molar-refractivity contribution in [2.45, 2.75) is 33.1 Å². The Hall–Kier alpha value is -1.73. The van der Waals surface area contributed by atoms with E-state index in [1.807, 2.05) is 6.92 Å². The highest BCUT2D eigenvalue weighted by Gasteiger charge is 2.15. The van der Waals surface area contributed by atoms with Gasteiger partial charge in [-0.15, -0.1) is 0 Å². The molecular formula is C19H26BrN5O. The number of morpholine rings is 1. The average Bonchev–Trinajstić information content (AvgIpc) is 2.63. The molecule has 2 heterocycles. The van der Waals surface area contributed by atoms with E-state index in [9.17, 15) is 0 Å². The summed E-state index contributed by atoms with van der Waals surface area (Å²) >= 11 is 3.69. The predicted molar refractivity (Wildman–Crippen MR) is 108 cm³/mol. The van der Waals surface area contributed by atoms with E-state index >= 15 is 0 Å². The van der Waals surface area contributed by atoms with Crippen molar-refractivity contribution in [3.8, 4) is 0 Å². The normalized spacial score (nSPS) is 14.7. The van der Waals surface area contributed by atoms with Crippen molar-refractivity contribution in [3.63, 3.8) is 0 Å². The maximum atomic E-state index is 5.40. The van der Waals surface area contributed by atoms with Crippen LogP contribution in [0.3, 0.4) is 0 Å². The number of aromatic nitrogens is 3. The van der Waals surface area contributed by atoms with Crippen LogP contribution >= 0.6 is 15.9 Å². The number of nitrogens with zero attached hydrogens (tertiary/aromatic N) is 4. The lowest BCUT2D eigenvalue weighted by Crippen LogP contribution is -2.37. The van der Waals surface area contributed by atoms with E-state index in [1.54, 1.807) is 0 Å². The molecule has 0 spiro atoms. The van der Waals surface area contributed by atoms with Crippen LogP contribution in [0.2, 0.25) is 0 Å². The Morgan fingerprint density at radius 1 is 1.19 bits per heavy atom. The minimum atomic E-state index is 0.533. The van der Waals surface area contributed by atoms with Crippen molar-refractivity contribution in [3.05, 3.63) is 39.6 Å². The van der Waals surface area contributed by atoms with Crippen LogP contribution in [0.1, 0.15) is 36.7 Å². The molecule has 2 aromatic rings. The zero-order valence-corrected chi connectivity index (χ0v) is 17.2. The number of halogens is 1. The van der Waals surface area contributed by atoms with Gasteiger partial charge in [-0.2, -0.15) is 15.0 Å². The van der Waals surface area contributed by atoms with Crippen LogP contribution in [0.25, 0.3) is 0 Å². The predicted octanol–water partition coefficient (Wildman–Crippen LogP) is 3.56. The largest absolute Gasteiger partial charge is 0.378 e. The van der Waals surface area contributed by atoms with Crippen molar-refractivity contribution in [2.24, 2.45) is 0 Å². The molecule has 1 aliphatic heterocycles. The van der Waals surface area contributed by atoms with Gasteiger partial charge in [0.15, 0.2) is 0 Å². The highest BCUT2D eigenvalue weighted by molar-refractivity contribution is 9.10. The van der Waals surface area contributed by atoms with Crippen LogP contribution in [0.5, 0.6) is 0 Å². The van der Waals surface area contributed by atoms with Crippen LogP contribution in [-0.4, -0.2) is 47.8 Å². The van der Waals surface area contributed by atoms with Gasteiger partial charge in [0.2, 0.25) is 11.9 Å². The molecule has 0 amide bonds. The van der Waals surface area contributed by atoms with Gasteiger partial charge in [-0.1, -0.05) is 41.9 Å². The summed E-state index contributed by atoms with van der Waals surface area (Å²) in [5.41, 5.74) is 2.62. The smallest absolute Gasteiger partial charge is 0.230 e. The molecule has 0 atom stereocenters. The van der Waals surface area contributed by atoms with Gasteiger partial charge in [0.05, 0.1) is 13.2 Å². The Kier molecular flexibility index (Phi) is 6.43. The molecule has 3 rings (SSSR count). The van der Waals surface area contributed by atoms with E-state index < -0.39 is 0 Å². The number of ether oxygens (including phenoxy) is 1. The van der Waals surface area contributed by atoms with Crippen molar-refractivity contribution in [1.82, 2.24) is 15.0 Å². The van der Waals surface area contributed by atoms with Crippen molar-refractivity contribution < 1.29 is 4.74 Å². The van der Waals surface area contributed by atoms with Crippen LogP contribution in [-0.2, 0) is 11.2 Å². The number of aryl methyl sites for hydroxylation is 1. The maximum absolute atomic E-state index is 5.40. The summed E-state index contributed by atoms with van der Waals surface area (Å²) in [6, 6.07) is 6.61. The molecule has 0 aliphatic carbocycles. The van der Waals surface area contributed by atoms with E-state index in [0.29, 0.717) is 25.1 Å². The van der Waals surface area contributed by atoms with Crippen molar-refractivity contribution >= 4 is 27.8 Å². The first-order valence-corrected chi connectivity index (χ1v) is 9.90. The van der Waals surface area contributed by atoms with E-state index in [-0.39, 0.29) is 0 Å². The van der Waals surface area contributed by atoms with E-state index in [0.717, 1.165) is 42.3 Å². The number of nitrogens with one attached hydrogen (secondary N) is 1. The molecule has 1 aromatic carbocycles. The third-order valence-electron chi connectivity index (χ3n) is 4.45. The second kappa shape index (κ2) is 8.77. The lowest BCUT2D eigenvalue weighted by molar-refractivity contribution is 0.122. The molecule has 26 heavy (non-hydrogen) atoms. The SMILES string of the molecule is Cc1nc(NCCc2ccc(C(C)C)cc2Br)nc(N2CCOCC2)n1. The van der Waals surface area contributed by atoms with Gasteiger partial charge < -0.3 is 15.0 Å². The van der Waals surface area contributed by atoms with Crippen LogP contribution in [0, 0.1) is 6.92 Å². The van der Waals surface area contributed by atoms with Crippen molar-refractivity contribution in [2.75, 3.05) is 43.1 Å². The molecule has 6 nitrogen and oxygen atoms in total. The Bertz CT molecular complexity index is 747. The van der Waals surface area contributed by atoms with Gasteiger partial charge in [0, 0.05) is 24.1 Å². The summed E-state index contributed by atoms with van der Waals surface area (Å²) in [4.78, 5) is 15.6. The molecule has 1 N–H and O–H groups in total. The van der Waals surface area contributed by atoms with Gasteiger partial charge >= 0.3 is 0 Å². The molecule has 0 saturated carbocycles. The third-order valence-corrected chi connectivity index (χ3v) is 5.19. The quantitative estimate of drug-likeness (QED) is 0.771. The molecule has 1 aliphatic rings. The molecule has 1 fully saturated rings. The summed E-state index contributed by atoms with van der Waals surface area (Å²) < 4.78 is 6.56. The standard InChI is InChI=1S/C19H26BrN5O/c1-13(2)16-5-4-15(17(20)12-16)6-7-21-18-22-14(3)23-19(24-18)25-8-10-26-11-9-25/h4-5,12-13H,6-11H2,1-3H3,(H,21,22,23,24). The molecule has 0 bridgehead atoms. The number of anilines is 2. The fourth-order valence-electron chi connectivity index (χ4n) is 2.89. The second-order valence-electron chi connectivity index (χ2n) is 6.79. The van der Waals surface area contributed by atoms with Gasteiger partial charge in [-0.3, -0.25) is 0 Å². The minimum Gasteiger partial charge on any atom is -0.378 e. The van der Waals surface area contributed by atoms with Crippen LogP contribution in [0.4, 0.5) is 11.9 Å². The topological polar surface area (TPSA) is 63.2 Å². The summed E-state index contributed by atoms with van der Waals surface area (Å²) in [5, 5.41) is 3.34. The highest BCUT2D eigenvalue weighted by Crippen LogP contribution is 2.23. The Labute approximate surface area is 163 Å². The lowest BCUT2D eigenvalue weighted by Gasteiger charge is -2.27. The molecule has 0 radical (unpaired) electrons. The number of benzene rings is 1. The van der Waals surface area contributed by atoms with E-state index in [2.05, 4.69) is 73.1 Å². The molecule has 1 aromatic heterocycles. The maximum Gasteiger partial charge on any atom is 0.230 e. The van der Waals surface area contributed by atoms with Gasteiger partial charge in [-0.05, 0) is 36.5 Å². The molecule has 0 unspecified atom stereocenters. The van der Waals surface area contributed by atoms with Crippen molar-refractivity contribution in [1.29, 1.82) is 0 Å². The number of hydrogen-bond donors (Lipinski definition) is 1. The fourth-order valence-corrected chi connectivity index (χ4v) is 3.48.